The molecule has 1 unspecified atom stereocenters. The van der Waals surface area contributed by atoms with Gasteiger partial charge in [-0.2, -0.15) is 4.72 Å². The Bertz CT molecular complexity index is 1260. The van der Waals surface area contributed by atoms with Crippen LogP contribution >= 0.6 is 36.2 Å². The van der Waals surface area contributed by atoms with Crippen molar-refractivity contribution < 1.29 is 13.2 Å². The Labute approximate surface area is 202 Å². The highest BCUT2D eigenvalue weighted by atomic mass is 35.5. The largest absolute Gasteiger partial charge is 0.399 e. The van der Waals surface area contributed by atoms with E-state index < -0.39 is 16.1 Å². The Morgan fingerprint density at radius 3 is 2.53 bits per heavy atom. The topological polar surface area (TPSA) is 142 Å². The molecule has 172 valence electrons. The summed E-state index contributed by atoms with van der Waals surface area (Å²) in [5.41, 5.74) is 12.7. The van der Waals surface area contributed by atoms with Gasteiger partial charge in [0.1, 0.15) is 11.9 Å². The molecule has 12 heteroatoms. The number of carbonyl (C=O) groups excluding carboxylic acids is 1. The van der Waals surface area contributed by atoms with Gasteiger partial charge in [-0.25, -0.2) is 8.42 Å². The Balaban J connectivity index is 0.00000181. The molecule has 8 nitrogen and oxygen atoms in total. The number of anilines is 1. The third kappa shape index (κ3) is 5.33. The van der Waals surface area contributed by atoms with Gasteiger partial charge in [-0.15, -0.1) is 36.2 Å². The minimum atomic E-state index is -3.85. The van der Waals surface area contributed by atoms with Crippen molar-refractivity contribution in [1.82, 2.24) is 9.62 Å². The summed E-state index contributed by atoms with van der Waals surface area (Å²) >= 11 is 1.35. The zero-order chi connectivity index (χ0) is 21.5. The van der Waals surface area contributed by atoms with Crippen LogP contribution in [-0.2, 0) is 21.4 Å². The second-order valence-corrected chi connectivity index (χ2v) is 9.85. The number of sulfonamides is 1. The van der Waals surface area contributed by atoms with Crippen LogP contribution in [0, 0.1) is 5.41 Å². The second-order valence-electron chi connectivity index (χ2n) is 7.22. The number of amides is 1. The Morgan fingerprint density at radius 1 is 1.16 bits per heavy atom. The molecular weight excluding hydrogens is 493 g/mol. The second kappa shape index (κ2) is 10.1. The first-order chi connectivity index (χ1) is 14.2. The molecule has 0 spiro atoms. The minimum Gasteiger partial charge on any atom is -0.399 e. The first-order valence-electron chi connectivity index (χ1n) is 9.25. The first-order valence-corrected chi connectivity index (χ1v) is 11.6. The summed E-state index contributed by atoms with van der Waals surface area (Å²) in [6, 6.07) is 11.0. The van der Waals surface area contributed by atoms with E-state index in [-0.39, 0.29) is 41.5 Å². The Kier molecular flexibility index (Phi) is 8.13. The zero-order valence-electron chi connectivity index (χ0n) is 16.8. The van der Waals surface area contributed by atoms with E-state index in [4.69, 9.17) is 16.9 Å². The smallest absolute Gasteiger partial charge is 0.241 e. The molecule has 1 fully saturated rings. The van der Waals surface area contributed by atoms with Crippen LogP contribution in [0.2, 0.25) is 0 Å². The van der Waals surface area contributed by atoms with Gasteiger partial charge in [-0.3, -0.25) is 10.2 Å². The summed E-state index contributed by atoms with van der Waals surface area (Å²) in [6.07, 6.45) is 0.395. The number of likely N-dealkylation sites (tertiary alicyclic amines) is 1. The molecular formula is C20H23Cl2N5O3S2. The highest BCUT2D eigenvalue weighted by Crippen LogP contribution is 2.24. The lowest BCUT2D eigenvalue weighted by molar-refractivity contribution is -0.129. The normalized spacial score (nSPS) is 15.9. The fourth-order valence-corrected chi connectivity index (χ4v) is 5.52. The molecule has 1 saturated heterocycles. The minimum absolute atomic E-state index is 0. The van der Waals surface area contributed by atoms with E-state index in [1.165, 1.54) is 17.4 Å². The summed E-state index contributed by atoms with van der Waals surface area (Å²) in [5, 5.41) is 10.9. The van der Waals surface area contributed by atoms with Crippen molar-refractivity contribution in [2.24, 2.45) is 5.73 Å². The molecule has 0 bridgehead atoms. The number of nitrogen functional groups attached to an aromatic ring is 2. The fraction of sp³-hybridized carbons (Fsp3) is 0.200. The molecule has 4 rings (SSSR count). The lowest BCUT2D eigenvalue weighted by atomic mass is 10.1. The summed E-state index contributed by atoms with van der Waals surface area (Å²) in [6.45, 7) is 0.812. The summed E-state index contributed by atoms with van der Waals surface area (Å²) in [5.74, 6) is -0.273. The molecule has 1 aromatic heterocycles. The van der Waals surface area contributed by atoms with Crippen LogP contribution in [0.4, 0.5) is 5.69 Å². The number of benzene rings is 2. The van der Waals surface area contributed by atoms with E-state index in [2.05, 4.69) is 4.72 Å². The molecule has 3 aromatic rings. The van der Waals surface area contributed by atoms with Gasteiger partial charge >= 0.3 is 0 Å². The summed E-state index contributed by atoms with van der Waals surface area (Å²) in [4.78, 5) is 15.1. The van der Waals surface area contributed by atoms with Gasteiger partial charge in [0.05, 0.1) is 9.77 Å². The number of halogens is 2. The van der Waals surface area contributed by atoms with Gasteiger partial charge in [-0.05, 0) is 58.5 Å². The fourth-order valence-electron chi connectivity index (χ4n) is 3.49. The maximum atomic E-state index is 12.8. The highest BCUT2D eigenvalue weighted by Gasteiger charge is 2.35. The van der Waals surface area contributed by atoms with Crippen molar-refractivity contribution in [2.75, 3.05) is 12.3 Å². The number of hydrogen-bond acceptors (Lipinski definition) is 6. The Morgan fingerprint density at radius 2 is 1.84 bits per heavy atom. The van der Waals surface area contributed by atoms with Crippen LogP contribution in [0.5, 0.6) is 0 Å². The van der Waals surface area contributed by atoms with Gasteiger partial charge in [0.25, 0.3) is 0 Å². The van der Waals surface area contributed by atoms with E-state index in [1.807, 2.05) is 5.38 Å². The number of carbonyl (C=O) groups is 1. The highest BCUT2D eigenvalue weighted by molar-refractivity contribution is 7.89. The van der Waals surface area contributed by atoms with Crippen LogP contribution in [0.3, 0.4) is 0 Å². The van der Waals surface area contributed by atoms with Crippen LogP contribution in [0.1, 0.15) is 16.9 Å². The molecule has 1 atom stereocenters. The molecule has 2 heterocycles. The van der Waals surface area contributed by atoms with Crippen molar-refractivity contribution in [3.63, 3.8) is 0 Å². The van der Waals surface area contributed by atoms with E-state index in [9.17, 15) is 13.2 Å². The van der Waals surface area contributed by atoms with Crippen LogP contribution in [0.25, 0.3) is 10.8 Å². The van der Waals surface area contributed by atoms with Crippen molar-refractivity contribution in [2.45, 2.75) is 23.9 Å². The lowest BCUT2D eigenvalue weighted by Crippen LogP contribution is -2.41. The van der Waals surface area contributed by atoms with Gasteiger partial charge in [0.2, 0.25) is 15.9 Å². The SMILES string of the molecule is Cl.Cl.N=C(N)c1cc(CN2CCC(NS(=O)(=O)c3ccc4cc(N)ccc4c3)C2=O)cs1. The van der Waals surface area contributed by atoms with Crippen LogP contribution < -0.4 is 16.2 Å². The molecule has 1 aliphatic heterocycles. The van der Waals surface area contributed by atoms with Crippen LogP contribution in [0.15, 0.2) is 52.7 Å². The third-order valence-corrected chi connectivity index (χ3v) is 7.52. The maximum absolute atomic E-state index is 12.8. The van der Waals surface area contributed by atoms with E-state index in [0.717, 1.165) is 16.3 Å². The number of thiophene rings is 1. The molecule has 0 saturated carbocycles. The molecule has 1 amide bonds. The zero-order valence-corrected chi connectivity index (χ0v) is 20.0. The van der Waals surface area contributed by atoms with E-state index in [0.29, 0.717) is 30.1 Å². The Hall–Kier alpha value is -2.37. The van der Waals surface area contributed by atoms with E-state index in [1.54, 1.807) is 41.3 Å². The number of nitrogens with one attached hydrogen (secondary N) is 2. The van der Waals surface area contributed by atoms with Gasteiger partial charge in [-0.1, -0.05) is 12.1 Å². The number of nitrogens with zero attached hydrogens (tertiary/aromatic N) is 1. The first kappa shape index (κ1) is 25.9. The molecule has 6 N–H and O–H groups in total. The van der Waals surface area contributed by atoms with Crippen molar-refractivity contribution >= 4 is 74.4 Å². The molecule has 0 radical (unpaired) electrons. The van der Waals surface area contributed by atoms with Crippen molar-refractivity contribution in [3.8, 4) is 0 Å². The van der Waals surface area contributed by atoms with Crippen molar-refractivity contribution in [1.29, 1.82) is 5.41 Å². The van der Waals surface area contributed by atoms with Gasteiger partial charge in [0.15, 0.2) is 0 Å². The van der Waals surface area contributed by atoms with Gasteiger partial charge in [0, 0.05) is 18.8 Å². The molecule has 2 aromatic carbocycles. The predicted octanol–water partition coefficient (Wildman–Crippen LogP) is 2.69. The van der Waals surface area contributed by atoms with E-state index >= 15 is 0 Å². The maximum Gasteiger partial charge on any atom is 0.241 e. The number of nitrogens with two attached hydrogens (primary N) is 2. The third-order valence-electron chi connectivity index (χ3n) is 5.03. The number of fused-ring (bicyclic) bond motifs is 1. The predicted molar refractivity (Wildman–Crippen MR) is 132 cm³/mol. The number of amidine groups is 1. The number of rotatable bonds is 6. The summed E-state index contributed by atoms with van der Waals surface area (Å²) < 4.78 is 28.2. The molecule has 0 aliphatic carbocycles. The standard InChI is InChI=1S/C20H21N5O3S2.2ClH/c21-15-3-1-14-9-16(4-2-13(14)8-15)30(27,28)24-17-5-6-25(20(17)26)10-12-7-18(19(22)23)29-11-12;;/h1-4,7-9,11,17,24H,5-6,10,21H2,(H3,22,23);2*1H. The molecule has 1 aliphatic rings. The average Bonchev–Trinajstić information content (AvgIpc) is 3.30. The van der Waals surface area contributed by atoms with Crippen molar-refractivity contribution in [3.05, 3.63) is 58.3 Å². The average molecular weight is 516 g/mol. The number of hydrogen-bond donors (Lipinski definition) is 4. The summed E-state index contributed by atoms with van der Waals surface area (Å²) in [7, 11) is -3.85. The lowest BCUT2D eigenvalue weighted by Gasteiger charge is -2.17. The molecule has 32 heavy (non-hydrogen) atoms. The quantitative estimate of drug-likeness (QED) is 0.226. The monoisotopic (exact) mass is 515 g/mol. The van der Waals surface area contributed by atoms with Gasteiger partial charge < -0.3 is 16.4 Å². The van der Waals surface area contributed by atoms with Crippen LogP contribution in [-0.4, -0.2) is 37.6 Å².